The molecule has 8 heteroatoms. The molecule has 0 aliphatic heterocycles. The fourth-order valence-corrected chi connectivity index (χ4v) is 2.69. The summed E-state index contributed by atoms with van der Waals surface area (Å²) in [6, 6.07) is 22.5. The molecule has 0 unspecified atom stereocenters. The molecular formula is C23H24N4O4. The Morgan fingerprint density at radius 3 is 2.06 bits per heavy atom. The van der Waals surface area contributed by atoms with Crippen molar-refractivity contribution >= 4 is 29.1 Å². The number of carbonyl (C=O) groups is 2. The molecule has 0 heterocycles. The first-order valence-corrected chi connectivity index (χ1v) is 9.67. The zero-order chi connectivity index (χ0) is 21.9. The van der Waals surface area contributed by atoms with Gasteiger partial charge in [0.25, 0.3) is 0 Å². The van der Waals surface area contributed by atoms with Crippen molar-refractivity contribution in [3.8, 4) is 11.5 Å². The predicted molar refractivity (Wildman–Crippen MR) is 121 cm³/mol. The van der Waals surface area contributed by atoms with E-state index in [-0.39, 0.29) is 12.1 Å². The standard InChI is InChI=1S/C23H24N4O4/c1-30-20-11-6-12-21(16-20)31-14-13-24-22(28)26-18-9-5-10-19(15-18)27-23(29)25-17-7-3-2-4-8-17/h2-12,15-16H,13-14H2,1H3,(H2,24,26,28)(H2,25,27,29). The zero-order valence-electron chi connectivity index (χ0n) is 17.1. The van der Waals surface area contributed by atoms with Gasteiger partial charge in [-0.25, -0.2) is 9.59 Å². The van der Waals surface area contributed by atoms with Gasteiger partial charge in [-0.2, -0.15) is 0 Å². The van der Waals surface area contributed by atoms with Crippen LogP contribution < -0.4 is 30.7 Å². The van der Waals surface area contributed by atoms with Gasteiger partial charge in [0.15, 0.2) is 0 Å². The van der Waals surface area contributed by atoms with Crippen LogP contribution in [0.1, 0.15) is 0 Å². The number of hydrogen-bond acceptors (Lipinski definition) is 4. The lowest BCUT2D eigenvalue weighted by Gasteiger charge is -2.11. The first kappa shape index (κ1) is 21.5. The van der Waals surface area contributed by atoms with Crippen LogP contribution >= 0.6 is 0 Å². The summed E-state index contributed by atoms with van der Waals surface area (Å²) in [5.41, 5.74) is 1.78. The Labute approximate surface area is 180 Å². The molecule has 0 aromatic heterocycles. The number of para-hydroxylation sites is 1. The highest BCUT2D eigenvalue weighted by Gasteiger charge is 2.05. The molecule has 4 N–H and O–H groups in total. The summed E-state index contributed by atoms with van der Waals surface area (Å²) < 4.78 is 10.7. The SMILES string of the molecule is COc1cccc(OCCNC(=O)Nc2cccc(NC(=O)Nc3ccccc3)c2)c1. The summed E-state index contributed by atoms with van der Waals surface area (Å²) >= 11 is 0. The minimum absolute atomic E-state index is 0.307. The van der Waals surface area contributed by atoms with Crippen LogP contribution in [0, 0.1) is 0 Å². The van der Waals surface area contributed by atoms with Crippen molar-refractivity contribution in [2.24, 2.45) is 0 Å². The summed E-state index contributed by atoms with van der Waals surface area (Å²) in [4.78, 5) is 24.2. The van der Waals surface area contributed by atoms with E-state index in [4.69, 9.17) is 9.47 Å². The van der Waals surface area contributed by atoms with Gasteiger partial charge in [-0.05, 0) is 42.5 Å². The van der Waals surface area contributed by atoms with Crippen molar-refractivity contribution in [2.75, 3.05) is 36.2 Å². The fourth-order valence-electron chi connectivity index (χ4n) is 2.69. The summed E-state index contributed by atoms with van der Waals surface area (Å²) in [7, 11) is 1.59. The molecule has 0 bridgehead atoms. The van der Waals surface area contributed by atoms with Gasteiger partial charge in [0, 0.05) is 23.1 Å². The number of urea groups is 2. The number of amides is 4. The number of benzene rings is 3. The third-order valence-corrected chi connectivity index (χ3v) is 4.11. The predicted octanol–water partition coefficient (Wildman–Crippen LogP) is 4.54. The summed E-state index contributed by atoms with van der Waals surface area (Å²) in [6.07, 6.45) is 0. The summed E-state index contributed by atoms with van der Waals surface area (Å²) in [6.45, 7) is 0.627. The molecule has 3 rings (SSSR count). The first-order valence-electron chi connectivity index (χ1n) is 9.67. The highest BCUT2D eigenvalue weighted by atomic mass is 16.5. The Morgan fingerprint density at radius 1 is 0.710 bits per heavy atom. The van der Waals surface area contributed by atoms with E-state index in [2.05, 4.69) is 21.3 Å². The topological polar surface area (TPSA) is 101 Å². The molecule has 8 nitrogen and oxygen atoms in total. The Bertz CT molecular complexity index is 1010. The minimum atomic E-state index is -0.375. The minimum Gasteiger partial charge on any atom is -0.497 e. The molecule has 160 valence electrons. The largest absolute Gasteiger partial charge is 0.497 e. The van der Waals surface area contributed by atoms with Gasteiger partial charge >= 0.3 is 12.1 Å². The number of rotatable bonds is 8. The van der Waals surface area contributed by atoms with Crippen molar-refractivity contribution in [2.45, 2.75) is 0 Å². The molecule has 0 aliphatic rings. The molecule has 0 saturated heterocycles. The smallest absolute Gasteiger partial charge is 0.323 e. The number of ether oxygens (including phenoxy) is 2. The van der Waals surface area contributed by atoms with Crippen LogP contribution in [0.2, 0.25) is 0 Å². The van der Waals surface area contributed by atoms with Crippen molar-refractivity contribution in [3.63, 3.8) is 0 Å². The molecule has 0 aliphatic carbocycles. The number of carbonyl (C=O) groups excluding carboxylic acids is 2. The second-order valence-corrected chi connectivity index (χ2v) is 6.43. The third-order valence-electron chi connectivity index (χ3n) is 4.11. The van der Waals surface area contributed by atoms with Gasteiger partial charge < -0.3 is 30.7 Å². The van der Waals surface area contributed by atoms with Crippen LogP contribution in [0.25, 0.3) is 0 Å². The Kier molecular flexibility index (Phi) is 7.70. The van der Waals surface area contributed by atoms with E-state index in [0.29, 0.717) is 41.7 Å². The van der Waals surface area contributed by atoms with Crippen molar-refractivity contribution in [3.05, 3.63) is 78.9 Å². The number of hydrogen-bond donors (Lipinski definition) is 4. The number of anilines is 3. The lowest BCUT2D eigenvalue weighted by Crippen LogP contribution is -2.32. The van der Waals surface area contributed by atoms with Gasteiger partial charge in [0.1, 0.15) is 18.1 Å². The molecule has 0 saturated carbocycles. The van der Waals surface area contributed by atoms with E-state index in [1.165, 1.54) is 0 Å². The maximum atomic E-state index is 12.1. The van der Waals surface area contributed by atoms with Gasteiger partial charge in [0.2, 0.25) is 0 Å². The lowest BCUT2D eigenvalue weighted by molar-refractivity contribution is 0.247. The Hall–Kier alpha value is -4.20. The van der Waals surface area contributed by atoms with Crippen molar-refractivity contribution in [1.29, 1.82) is 0 Å². The van der Waals surface area contributed by atoms with Crippen LogP contribution in [-0.2, 0) is 0 Å². The molecule has 3 aromatic carbocycles. The molecule has 0 spiro atoms. The third kappa shape index (κ3) is 7.28. The summed E-state index contributed by atoms with van der Waals surface area (Å²) in [5.74, 6) is 1.36. The highest BCUT2D eigenvalue weighted by Crippen LogP contribution is 2.18. The van der Waals surface area contributed by atoms with Crippen molar-refractivity contribution in [1.82, 2.24) is 5.32 Å². The highest BCUT2D eigenvalue weighted by molar-refractivity contribution is 6.00. The quantitative estimate of drug-likeness (QED) is 0.402. The maximum Gasteiger partial charge on any atom is 0.323 e. The Balaban J connectivity index is 1.42. The second-order valence-electron chi connectivity index (χ2n) is 6.43. The Morgan fingerprint density at radius 2 is 1.32 bits per heavy atom. The monoisotopic (exact) mass is 420 g/mol. The molecule has 0 atom stereocenters. The van der Waals surface area contributed by atoms with Crippen LogP contribution in [0.15, 0.2) is 78.9 Å². The van der Waals surface area contributed by atoms with Crippen LogP contribution in [-0.4, -0.2) is 32.3 Å². The van der Waals surface area contributed by atoms with Gasteiger partial charge in [-0.1, -0.05) is 30.3 Å². The van der Waals surface area contributed by atoms with Gasteiger partial charge in [0.05, 0.1) is 13.7 Å². The molecule has 4 amide bonds. The molecule has 3 aromatic rings. The number of methoxy groups -OCH3 is 1. The zero-order valence-corrected chi connectivity index (χ0v) is 17.1. The van der Waals surface area contributed by atoms with Gasteiger partial charge in [-0.3, -0.25) is 0 Å². The van der Waals surface area contributed by atoms with Gasteiger partial charge in [-0.15, -0.1) is 0 Å². The van der Waals surface area contributed by atoms with E-state index in [9.17, 15) is 9.59 Å². The molecule has 0 radical (unpaired) electrons. The average Bonchev–Trinajstić information content (AvgIpc) is 2.78. The summed E-state index contributed by atoms with van der Waals surface area (Å²) in [5, 5.41) is 10.9. The van der Waals surface area contributed by atoms with Crippen molar-refractivity contribution < 1.29 is 19.1 Å². The fraction of sp³-hybridized carbons (Fsp3) is 0.130. The molecule has 0 fully saturated rings. The van der Waals surface area contributed by atoms with E-state index in [1.807, 2.05) is 36.4 Å². The van der Waals surface area contributed by atoms with E-state index in [0.717, 1.165) is 0 Å². The lowest BCUT2D eigenvalue weighted by atomic mass is 10.3. The maximum absolute atomic E-state index is 12.1. The van der Waals surface area contributed by atoms with Crippen LogP contribution in [0.5, 0.6) is 11.5 Å². The second kappa shape index (κ2) is 11.1. The van der Waals surface area contributed by atoms with E-state index in [1.54, 1.807) is 49.6 Å². The molecule has 31 heavy (non-hydrogen) atoms. The van der Waals surface area contributed by atoms with E-state index < -0.39 is 0 Å². The van der Waals surface area contributed by atoms with Crippen LogP contribution in [0.3, 0.4) is 0 Å². The average molecular weight is 420 g/mol. The van der Waals surface area contributed by atoms with E-state index >= 15 is 0 Å². The first-order chi connectivity index (χ1) is 15.1. The normalized spacial score (nSPS) is 9.97. The molecular weight excluding hydrogens is 396 g/mol. The number of nitrogens with one attached hydrogen (secondary N) is 4. The van der Waals surface area contributed by atoms with Crippen LogP contribution in [0.4, 0.5) is 26.7 Å².